The number of sulfone groups is 1. The van der Waals surface area contributed by atoms with E-state index < -0.39 is 14.8 Å². The van der Waals surface area contributed by atoms with Crippen molar-refractivity contribution in [2.75, 3.05) is 5.32 Å². The number of nitrogens with zero attached hydrogens (tertiary/aromatic N) is 2. The van der Waals surface area contributed by atoms with Crippen LogP contribution >= 0.6 is 11.3 Å². The fourth-order valence-electron chi connectivity index (χ4n) is 3.51. The largest absolute Gasteiger partial charge is 0.302 e. The van der Waals surface area contributed by atoms with Crippen molar-refractivity contribution in [3.8, 4) is 0 Å². The van der Waals surface area contributed by atoms with Crippen molar-refractivity contribution in [1.29, 1.82) is 0 Å². The number of non-ortho nitro benzene ring substituents is 1. The van der Waals surface area contributed by atoms with Gasteiger partial charge in [-0.25, -0.2) is 13.4 Å². The molecule has 1 aliphatic carbocycles. The minimum Gasteiger partial charge on any atom is -0.302 e. The molecule has 1 saturated carbocycles. The first-order valence-corrected chi connectivity index (χ1v) is 11.9. The molecule has 0 aliphatic heterocycles. The van der Waals surface area contributed by atoms with Crippen LogP contribution < -0.4 is 5.32 Å². The van der Waals surface area contributed by atoms with Crippen LogP contribution in [0.2, 0.25) is 0 Å². The van der Waals surface area contributed by atoms with Gasteiger partial charge in [0.1, 0.15) is 4.21 Å². The van der Waals surface area contributed by atoms with Gasteiger partial charge >= 0.3 is 0 Å². The van der Waals surface area contributed by atoms with E-state index in [4.69, 9.17) is 0 Å². The third-order valence-electron chi connectivity index (χ3n) is 5.09. The second kappa shape index (κ2) is 9.45. The van der Waals surface area contributed by atoms with E-state index >= 15 is 0 Å². The quantitative estimate of drug-likeness (QED) is 0.477. The number of amides is 1. The number of anilines is 1. The highest BCUT2D eigenvalue weighted by Crippen LogP contribution is 2.30. The highest BCUT2D eigenvalue weighted by atomic mass is 32.2. The van der Waals surface area contributed by atoms with Crippen molar-refractivity contribution in [3.63, 3.8) is 0 Å². The van der Waals surface area contributed by atoms with Crippen LogP contribution in [0.15, 0.2) is 39.6 Å². The highest BCUT2D eigenvalue weighted by Gasteiger charge is 2.22. The molecule has 2 aromatic rings. The zero-order valence-corrected chi connectivity index (χ0v) is 17.5. The molecule has 0 radical (unpaired) electrons. The summed E-state index contributed by atoms with van der Waals surface area (Å²) in [5.74, 6) is 0.546. The van der Waals surface area contributed by atoms with Gasteiger partial charge in [0.15, 0.2) is 5.13 Å². The van der Waals surface area contributed by atoms with E-state index in [0.717, 1.165) is 42.2 Å². The Kier molecular flexibility index (Phi) is 6.96. The third kappa shape index (κ3) is 5.60. The fourth-order valence-corrected chi connectivity index (χ4v) is 5.96. The predicted molar refractivity (Wildman–Crippen MR) is 110 cm³/mol. The van der Waals surface area contributed by atoms with Gasteiger partial charge in [-0.3, -0.25) is 14.9 Å². The zero-order chi connectivity index (χ0) is 20.9. The molecule has 8 nitrogen and oxygen atoms in total. The average molecular weight is 438 g/mol. The number of carbonyl (C=O) groups is 1. The van der Waals surface area contributed by atoms with Crippen LogP contribution in [0, 0.1) is 16.0 Å². The van der Waals surface area contributed by atoms with Gasteiger partial charge in [0, 0.05) is 18.6 Å². The van der Waals surface area contributed by atoms with Crippen LogP contribution in [0.1, 0.15) is 51.4 Å². The number of nitro groups is 1. The summed E-state index contributed by atoms with van der Waals surface area (Å²) in [4.78, 5) is 26.2. The van der Waals surface area contributed by atoms with Crippen molar-refractivity contribution in [2.24, 2.45) is 5.92 Å². The van der Waals surface area contributed by atoms with Gasteiger partial charge < -0.3 is 5.32 Å². The lowest BCUT2D eigenvalue weighted by atomic mass is 9.86. The first-order chi connectivity index (χ1) is 13.9. The van der Waals surface area contributed by atoms with E-state index in [0.29, 0.717) is 6.42 Å². The summed E-state index contributed by atoms with van der Waals surface area (Å²) >= 11 is 0.870. The molecule has 1 N–H and O–H groups in total. The molecule has 0 bridgehead atoms. The number of hydrogen-bond donors (Lipinski definition) is 1. The van der Waals surface area contributed by atoms with Crippen LogP contribution in [-0.2, 0) is 14.6 Å². The normalized spacial score (nSPS) is 15.2. The Bertz CT molecular complexity index is 964. The van der Waals surface area contributed by atoms with Crippen molar-refractivity contribution in [1.82, 2.24) is 4.98 Å². The van der Waals surface area contributed by atoms with Crippen molar-refractivity contribution < 1.29 is 18.1 Å². The number of aromatic nitrogens is 1. The maximum Gasteiger partial charge on any atom is 0.269 e. The van der Waals surface area contributed by atoms with E-state index in [1.165, 1.54) is 50.4 Å². The van der Waals surface area contributed by atoms with Crippen molar-refractivity contribution in [2.45, 2.75) is 60.5 Å². The summed E-state index contributed by atoms with van der Waals surface area (Å²) in [7, 11) is -3.85. The molecule has 1 amide bonds. The second-order valence-corrected chi connectivity index (χ2v) is 10.4. The van der Waals surface area contributed by atoms with Gasteiger partial charge in [0.05, 0.1) is 16.0 Å². The van der Waals surface area contributed by atoms with Gasteiger partial charge in [-0.15, -0.1) is 0 Å². The maximum absolute atomic E-state index is 12.6. The van der Waals surface area contributed by atoms with Crippen LogP contribution in [0.25, 0.3) is 0 Å². The maximum atomic E-state index is 12.6. The van der Waals surface area contributed by atoms with E-state index in [-0.39, 0.29) is 25.8 Å². The molecule has 1 aliphatic rings. The molecule has 156 valence electrons. The topological polar surface area (TPSA) is 119 Å². The Balaban J connectivity index is 1.56. The average Bonchev–Trinajstić information content (AvgIpc) is 3.18. The Morgan fingerprint density at radius 2 is 1.90 bits per heavy atom. The Morgan fingerprint density at radius 1 is 1.21 bits per heavy atom. The van der Waals surface area contributed by atoms with Crippen LogP contribution in [0.4, 0.5) is 10.8 Å². The lowest BCUT2D eigenvalue weighted by Crippen LogP contribution is -2.12. The lowest BCUT2D eigenvalue weighted by Gasteiger charge is -2.20. The molecule has 1 fully saturated rings. The summed E-state index contributed by atoms with van der Waals surface area (Å²) in [6.45, 7) is 0. The molecule has 1 aromatic heterocycles. The highest BCUT2D eigenvalue weighted by molar-refractivity contribution is 7.93. The van der Waals surface area contributed by atoms with Gasteiger partial charge in [0.2, 0.25) is 15.7 Å². The Labute approximate surface area is 173 Å². The standard InChI is InChI=1S/C19H23N3O5S2/c23-17(8-4-7-14-5-2-1-3-6-14)21-19-20-13-18(28-19)29(26,27)16-11-9-15(10-12-16)22(24)25/h9-14H,1-8H2,(H,20,21,23). The number of nitrogens with one attached hydrogen (secondary N) is 1. The molecule has 3 rings (SSSR count). The van der Waals surface area contributed by atoms with Crippen LogP contribution in [0.3, 0.4) is 0 Å². The van der Waals surface area contributed by atoms with Gasteiger partial charge in [-0.1, -0.05) is 43.4 Å². The number of carbonyl (C=O) groups excluding carboxylic acids is 1. The summed E-state index contributed by atoms with van der Waals surface area (Å²) in [5, 5.41) is 13.6. The second-order valence-electron chi connectivity index (χ2n) is 7.18. The van der Waals surface area contributed by atoms with E-state index in [1.54, 1.807) is 0 Å². The van der Waals surface area contributed by atoms with Gasteiger partial charge in [-0.05, 0) is 30.9 Å². The monoisotopic (exact) mass is 437 g/mol. The van der Waals surface area contributed by atoms with Crippen LogP contribution in [-0.4, -0.2) is 24.2 Å². The molecule has 1 heterocycles. The minimum absolute atomic E-state index is 0.0242. The van der Waals surface area contributed by atoms with Crippen molar-refractivity contribution in [3.05, 3.63) is 40.6 Å². The SMILES string of the molecule is O=C(CCCC1CCCCC1)Nc1ncc(S(=O)(=O)c2ccc([N+](=O)[O-])cc2)s1. The van der Waals surface area contributed by atoms with E-state index in [2.05, 4.69) is 10.3 Å². The van der Waals surface area contributed by atoms with Crippen LogP contribution in [0.5, 0.6) is 0 Å². The van der Waals surface area contributed by atoms with Crippen molar-refractivity contribution >= 4 is 37.9 Å². The van der Waals surface area contributed by atoms with Gasteiger partial charge in [-0.2, -0.15) is 0 Å². The molecule has 0 spiro atoms. The Hall–Kier alpha value is -2.33. The summed E-state index contributed by atoms with van der Waals surface area (Å²) in [6.07, 6.45) is 9.81. The minimum atomic E-state index is -3.85. The summed E-state index contributed by atoms with van der Waals surface area (Å²) in [6, 6.07) is 4.67. The molecule has 0 saturated heterocycles. The molecule has 29 heavy (non-hydrogen) atoms. The number of hydrogen-bond acceptors (Lipinski definition) is 7. The molecule has 10 heteroatoms. The number of thiazole rings is 1. The zero-order valence-electron chi connectivity index (χ0n) is 15.9. The Morgan fingerprint density at radius 3 is 2.55 bits per heavy atom. The van der Waals surface area contributed by atoms with E-state index in [9.17, 15) is 23.3 Å². The molecule has 0 atom stereocenters. The molecular weight excluding hydrogens is 414 g/mol. The lowest BCUT2D eigenvalue weighted by molar-refractivity contribution is -0.384. The smallest absolute Gasteiger partial charge is 0.269 e. The first-order valence-electron chi connectivity index (χ1n) is 9.61. The third-order valence-corrected chi connectivity index (χ3v) is 8.24. The number of benzene rings is 1. The van der Waals surface area contributed by atoms with Gasteiger partial charge in [0.25, 0.3) is 5.69 Å². The molecule has 0 unspecified atom stereocenters. The summed E-state index contributed by atoms with van der Waals surface area (Å²) in [5.41, 5.74) is -0.186. The fraction of sp³-hybridized carbons (Fsp3) is 0.474. The number of rotatable bonds is 8. The molecular formula is C19H23N3O5S2. The first kappa shape index (κ1) is 21.4. The predicted octanol–water partition coefficient (Wildman–Crippen LogP) is 4.57. The molecule has 1 aromatic carbocycles. The van der Waals surface area contributed by atoms with E-state index in [1.807, 2.05) is 0 Å². The summed E-state index contributed by atoms with van der Waals surface area (Å²) < 4.78 is 25.3. The number of nitro benzene ring substituents is 1.